The molecule has 1 fully saturated rings. The number of aliphatic imine (C=N–C) groups is 1. The summed E-state index contributed by atoms with van der Waals surface area (Å²) in [7, 11) is 0. The Morgan fingerprint density at radius 2 is 2.04 bits per heavy atom. The Morgan fingerprint density at radius 1 is 1.33 bits per heavy atom. The second kappa shape index (κ2) is 9.15. The van der Waals surface area contributed by atoms with Crippen LogP contribution in [0.15, 0.2) is 29.3 Å². The summed E-state index contributed by atoms with van der Waals surface area (Å²) in [6, 6.07) is 8.13. The maximum absolute atomic E-state index is 11.6. The quantitative estimate of drug-likeness (QED) is 0.472. The molecule has 1 aliphatic rings. The third kappa shape index (κ3) is 7.35. The van der Waals surface area contributed by atoms with E-state index in [1.165, 1.54) is 5.56 Å². The molecule has 0 atom stereocenters. The highest BCUT2D eigenvalue weighted by atomic mass is 16.5. The van der Waals surface area contributed by atoms with Crippen molar-refractivity contribution in [2.45, 2.75) is 39.2 Å². The first-order valence-electron chi connectivity index (χ1n) is 8.58. The van der Waals surface area contributed by atoms with E-state index in [1.807, 2.05) is 24.3 Å². The monoisotopic (exact) mass is 332 g/mol. The number of carbonyl (C=O) groups excluding carboxylic acids is 1. The Balaban J connectivity index is 1.65. The third-order valence-corrected chi connectivity index (χ3v) is 3.58. The number of hydrogen-bond acceptors (Lipinski definition) is 3. The van der Waals surface area contributed by atoms with Crippen LogP contribution in [0.5, 0.6) is 5.75 Å². The van der Waals surface area contributed by atoms with E-state index in [2.05, 4.69) is 29.5 Å². The van der Waals surface area contributed by atoms with E-state index in [0.717, 1.165) is 32.4 Å². The Bertz CT molecular complexity index is 551. The number of guanidine groups is 1. The number of nitrogens with two attached hydrogens (primary N) is 1. The number of nitrogens with one attached hydrogen (secondary N) is 2. The van der Waals surface area contributed by atoms with Crippen LogP contribution in [0.4, 0.5) is 0 Å². The fourth-order valence-corrected chi connectivity index (χ4v) is 2.07. The molecule has 6 heteroatoms. The highest BCUT2D eigenvalue weighted by Gasteiger charge is 2.23. The van der Waals surface area contributed by atoms with E-state index in [1.54, 1.807) is 0 Å². The minimum Gasteiger partial charge on any atom is -0.484 e. The minimum atomic E-state index is -0.0538. The van der Waals surface area contributed by atoms with Gasteiger partial charge in [-0.3, -0.25) is 9.79 Å². The maximum Gasteiger partial charge on any atom is 0.258 e. The molecule has 24 heavy (non-hydrogen) atoms. The second-order valence-electron chi connectivity index (χ2n) is 6.57. The highest BCUT2D eigenvalue weighted by molar-refractivity contribution is 5.78. The summed E-state index contributed by atoms with van der Waals surface area (Å²) >= 11 is 0. The molecule has 132 valence electrons. The molecule has 1 aromatic carbocycles. The Hall–Kier alpha value is -2.24. The zero-order valence-corrected chi connectivity index (χ0v) is 14.5. The number of amides is 1. The van der Waals surface area contributed by atoms with E-state index in [-0.39, 0.29) is 12.5 Å². The molecule has 1 aromatic rings. The van der Waals surface area contributed by atoms with Crippen molar-refractivity contribution in [3.8, 4) is 5.75 Å². The summed E-state index contributed by atoms with van der Waals surface area (Å²) < 4.78 is 5.48. The lowest BCUT2D eigenvalue weighted by Gasteiger charge is -2.09. The standard InChI is InChI=1S/C18H28N4O2/c1-13(2)11-21-18(19)20-10-9-14-3-7-16(8-4-14)24-12-17(23)22-15-5-6-15/h3-4,7-8,13,15H,5-6,9-12H2,1-2H3,(H,22,23)(H3,19,20,21). The van der Waals surface area contributed by atoms with Crippen molar-refractivity contribution in [2.75, 3.05) is 19.7 Å². The van der Waals surface area contributed by atoms with Gasteiger partial charge >= 0.3 is 0 Å². The van der Waals surface area contributed by atoms with Gasteiger partial charge in [0.25, 0.3) is 5.91 Å². The van der Waals surface area contributed by atoms with Crippen LogP contribution in [-0.4, -0.2) is 37.6 Å². The molecule has 0 aromatic heterocycles. The zero-order valence-electron chi connectivity index (χ0n) is 14.5. The topological polar surface area (TPSA) is 88.7 Å². The summed E-state index contributed by atoms with van der Waals surface area (Å²) in [6.07, 6.45) is 3.02. The average Bonchev–Trinajstić information content (AvgIpc) is 3.36. The lowest BCUT2D eigenvalue weighted by atomic mass is 10.1. The Morgan fingerprint density at radius 3 is 2.67 bits per heavy atom. The average molecular weight is 332 g/mol. The summed E-state index contributed by atoms with van der Waals surface area (Å²) in [5.74, 6) is 1.65. The fraction of sp³-hybridized carbons (Fsp3) is 0.556. The fourth-order valence-electron chi connectivity index (χ4n) is 2.07. The lowest BCUT2D eigenvalue weighted by molar-refractivity contribution is -0.123. The van der Waals surface area contributed by atoms with Gasteiger partial charge in [-0.05, 0) is 42.9 Å². The van der Waals surface area contributed by atoms with Gasteiger partial charge in [0.05, 0.1) is 0 Å². The molecule has 1 aliphatic carbocycles. The van der Waals surface area contributed by atoms with E-state index in [4.69, 9.17) is 10.5 Å². The van der Waals surface area contributed by atoms with Crippen molar-refractivity contribution in [3.05, 3.63) is 29.8 Å². The van der Waals surface area contributed by atoms with Gasteiger partial charge in [-0.25, -0.2) is 0 Å². The highest BCUT2D eigenvalue weighted by Crippen LogP contribution is 2.18. The van der Waals surface area contributed by atoms with Crippen LogP contribution in [-0.2, 0) is 11.2 Å². The van der Waals surface area contributed by atoms with E-state index in [9.17, 15) is 4.79 Å². The van der Waals surface area contributed by atoms with Gasteiger partial charge in [-0.2, -0.15) is 0 Å². The Labute approximate surface area is 143 Å². The summed E-state index contributed by atoms with van der Waals surface area (Å²) in [5, 5.41) is 6.00. The van der Waals surface area contributed by atoms with Crippen LogP contribution in [0.25, 0.3) is 0 Å². The van der Waals surface area contributed by atoms with Gasteiger partial charge < -0.3 is 21.1 Å². The van der Waals surface area contributed by atoms with Crippen molar-refractivity contribution in [1.82, 2.24) is 10.6 Å². The van der Waals surface area contributed by atoms with Crippen LogP contribution < -0.4 is 21.1 Å². The van der Waals surface area contributed by atoms with Crippen molar-refractivity contribution < 1.29 is 9.53 Å². The van der Waals surface area contributed by atoms with Crippen molar-refractivity contribution >= 4 is 11.9 Å². The molecule has 0 bridgehead atoms. The number of carbonyl (C=O) groups is 1. The predicted molar refractivity (Wildman–Crippen MR) is 96.1 cm³/mol. The second-order valence-corrected chi connectivity index (χ2v) is 6.57. The van der Waals surface area contributed by atoms with Gasteiger partial charge in [-0.1, -0.05) is 26.0 Å². The maximum atomic E-state index is 11.6. The van der Waals surface area contributed by atoms with E-state index >= 15 is 0 Å². The predicted octanol–water partition coefficient (Wildman–Crippen LogP) is 1.45. The van der Waals surface area contributed by atoms with Crippen molar-refractivity contribution in [2.24, 2.45) is 16.6 Å². The molecule has 0 saturated heterocycles. The normalized spacial score (nSPS) is 14.5. The SMILES string of the molecule is CC(C)CN=C(N)NCCc1ccc(OCC(=O)NC2CC2)cc1. The third-order valence-electron chi connectivity index (χ3n) is 3.58. The number of nitrogens with zero attached hydrogens (tertiary/aromatic N) is 1. The summed E-state index contributed by atoms with van der Waals surface area (Å²) in [4.78, 5) is 15.8. The van der Waals surface area contributed by atoms with Gasteiger partial charge in [0.1, 0.15) is 5.75 Å². The number of rotatable bonds is 9. The van der Waals surface area contributed by atoms with Gasteiger partial charge in [0, 0.05) is 19.1 Å². The molecule has 0 aliphatic heterocycles. The molecule has 0 radical (unpaired) electrons. The molecule has 4 N–H and O–H groups in total. The van der Waals surface area contributed by atoms with Gasteiger partial charge in [0.15, 0.2) is 12.6 Å². The molecule has 0 unspecified atom stereocenters. The first kappa shape index (κ1) is 18.1. The first-order valence-corrected chi connectivity index (χ1v) is 8.58. The number of benzene rings is 1. The van der Waals surface area contributed by atoms with Crippen molar-refractivity contribution in [3.63, 3.8) is 0 Å². The molecule has 0 heterocycles. The van der Waals surface area contributed by atoms with Crippen LogP contribution in [0, 0.1) is 5.92 Å². The smallest absolute Gasteiger partial charge is 0.258 e. The van der Waals surface area contributed by atoms with E-state index < -0.39 is 0 Å². The summed E-state index contributed by atoms with van der Waals surface area (Å²) in [5.41, 5.74) is 6.97. The van der Waals surface area contributed by atoms with Crippen LogP contribution in [0.2, 0.25) is 0 Å². The van der Waals surface area contributed by atoms with Crippen LogP contribution in [0.1, 0.15) is 32.3 Å². The van der Waals surface area contributed by atoms with E-state index in [0.29, 0.717) is 23.7 Å². The molecule has 2 rings (SSSR count). The molecule has 1 amide bonds. The van der Waals surface area contributed by atoms with Gasteiger partial charge in [-0.15, -0.1) is 0 Å². The molecular weight excluding hydrogens is 304 g/mol. The molecule has 6 nitrogen and oxygen atoms in total. The largest absolute Gasteiger partial charge is 0.484 e. The number of hydrogen-bond donors (Lipinski definition) is 3. The zero-order chi connectivity index (χ0) is 17.4. The van der Waals surface area contributed by atoms with Gasteiger partial charge in [0.2, 0.25) is 0 Å². The minimum absolute atomic E-state index is 0.0538. The van der Waals surface area contributed by atoms with Crippen LogP contribution in [0.3, 0.4) is 0 Å². The lowest BCUT2D eigenvalue weighted by Crippen LogP contribution is -2.33. The molecule has 0 spiro atoms. The Kier molecular flexibility index (Phi) is 6.90. The van der Waals surface area contributed by atoms with Crippen molar-refractivity contribution in [1.29, 1.82) is 0 Å². The summed E-state index contributed by atoms with van der Waals surface area (Å²) in [6.45, 7) is 5.75. The first-order chi connectivity index (χ1) is 11.5. The molecule has 1 saturated carbocycles. The van der Waals surface area contributed by atoms with Crippen LogP contribution >= 0.6 is 0 Å². The molecular formula is C18H28N4O2. The number of ether oxygens (including phenoxy) is 1.